The van der Waals surface area contributed by atoms with Gasteiger partial charge in [-0.3, -0.25) is 4.98 Å². The van der Waals surface area contributed by atoms with Crippen molar-refractivity contribution in [2.75, 3.05) is 18.5 Å². The summed E-state index contributed by atoms with van der Waals surface area (Å²) in [7, 11) is 0. The van der Waals surface area contributed by atoms with Crippen LogP contribution in [0, 0.1) is 0 Å². The van der Waals surface area contributed by atoms with Crippen LogP contribution in [0.1, 0.15) is 52.4 Å². The minimum atomic E-state index is 0.613. The van der Waals surface area contributed by atoms with Crippen molar-refractivity contribution in [3.05, 3.63) is 12.4 Å². The summed E-state index contributed by atoms with van der Waals surface area (Å²) in [4.78, 5) is 8.41. The summed E-state index contributed by atoms with van der Waals surface area (Å²) in [5, 5.41) is 3.12. The topological polar surface area (TPSA) is 47.0 Å². The summed E-state index contributed by atoms with van der Waals surface area (Å²) in [6.07, 6.45) is 11.0. The lowest BCUT2D eigenvalue weighted by Gasteiger charge is -2.06. The molecular formula is C14H25N3O. The quantitative estimate of drug-likeness (QED) is 0.645. The van der Waals surface area contributed by atoms with Crippen LogP contribution in [0.3, 0.4) is 0 Å². The molecule has 1 N–H and O–H groups in total. The van der Waals surface area contributed by atoms with E-state index in [0.717, 1.165) is 25.4 Å². The van der Waals surface area contributed by atoms with Gasteiger partial charge in [-0.2, -0.15) is 4.98 Å². The number of nitrogens with zero attached hydrogens (tertiary/aromatic N) is 2. The van der Waals surface area contributed by atoms with Crippen molar-refractivity contribution in [3.8, 4) is 5.88 Å². The van der Waals surface area contributed by atoms with Crippen LogP contribution in [0.5, 0.6) is 5.88 Å². The van der Waals surface area contributed by atoms with Crippen molar-refractivity contribution < 1.29 is 4.74 Å². The molecule has 0 aliphatic rings. The minimum absolute atomic E-state index is 0.613. The highest BCUT2D eigenvalue weighted by Crippen LogP contribution is 2.10. The first kappa shape index (κ1) is 14.7. The molecule has 4 nitrogen and oxygen atoms in total. The highest BCUT2D eigenvalue weighted by molar-refractivity contribution is 5.32. The third kappa shape index (κ3) is 6.42. The SMILES string of the molecule is CCCCCCCCOc1cncc(NCC)n1. The number of hydrogen-bond donors (Lipinski definition) is 1. The van der Waals surface area contributed by atoms with Crippen molar-refractivity contribution >= 4 is 5.82 Å². The van der Waals surface area contributed by atoms with E-state index in [1.807, 2.05) is 6.92 Å². The maximum atomic E-state index is 5.59. The van der Waals surface area contributed by atoms with Gasteiger partial charge in [-0.05, 0) is 13.3 Å². The fourth-order valence-corrected chi connectivity index (χ4v) is 1.74. The van der Waals surface area contributed by atoms with Gasteiger partial charge >= 0.3 is 0 Å². The molecule has 0 saturated heterocycles. The Morgan fingerprint density at radius 1 is 1.06 bits per heavy atom. The van der Waals surface area contributed by atoms with E-state index in [0.29, 0.717) is 5.88 Å². The van der Waals surface area contributed by atoms with Crippen LogP contribution in [0.25, 0.3) is 0 Å². The van der Waals surface area contributed by atoms with E-state index >= 15 is 0 Å². The van der Waals surface area contributed by atoms with E-state index in [9.17, 15) is 0 Å². The monoisotopic (exact) mass is 251 g/mol. The van der Waals surface area contributed by atoms with Crippen molar-refractivity contribution in [2.45, 2.75) is 52.4 Å². The van der Waals surface area contributed by atoms with Crippen molar-refractivity contribution in [1.82, 2.24) is 9.97 Å². The molecule has 1 heterocycles. The molecular weight excluding hydrogens is 226 g/mol. The van der Waals surface area contributed by atoms with Gasteiger partial charge in [-0.1, -0.05) is 39.0 Å². The largest absolute Gasteiger partial charge is 0.477 e. The summed E-state index contributed by atoms with van der Waals surface area (Å²) < 4.78 is 5.59. The first-order chi connectivity index (χ1) is 8.86. The van der Waals surface area contributed by atoms with Crippen LogP contribution < -0.4 is 10.1 Å². The molecule has 102 valence electrons. The maximum absolute atomic E-state index is 5.59. The number of nitrogens with one attached hydrogen (secondary N) is 1. The molecule has 0 saturated carbocycles. The van der Waals surface area contributed by atoms with Crippen molar-refractivity contribution in [1.29, 1.82) is 0 Å². The summed E-state index contributed by atoms with van der Waals surface area (Å²) in [6, 6.07) is 0. The van der Waals surface area contributed by atoms with E-state index in [1.54, 1.807) is 12.4 Å². The number of unbranched alkanes of at least 4 members (excludes halogenated alkanes) is 5. The normalized spacial score (nSPS) is 10.3. The molecule has 0 aromatic carbocycles. The Bertz CT molecular complexity index is 318. The fourth-order valence-electron chi connectivity index (χ4n) is 1.74. The zero-order chi connectivity index (χ0) is 13.1. The van der Waals surface area contributed by atoms with Crippen LogP contribution >= 0.6 is 0 Å². The standard InChI is InChI=1S/C14H25N3O/c1-3-5-6-7-8-9-10-18-14-12-15-11-13(17-14)16-4-2/h11-12H,3-10H2,1-2H3,(H,16,17). The van der Waals surface area contributed by atoms with Gasteiger partial charge in [-0.25, -0.2) is 0 Å². The van der Waals surface area contributed by atoms with E-state index in [4.69, 9.17) is 4.74 Å². The Morgan fingerprint density at radius 2 is 1.83 bits per heavy atom. The smallest absolute Gasteiger partial charge is 0.234 e. The van der Waals surface area contributed by atoms with Crippen LogP contribution in [-0.4, -0.2) is 23.1 Å². The predicted octanol–water partition coefficient (Wildman–Crippen LogP) is 3.65. The second-order valence-corrected chi connectivity index (χ2v) is 4.39. The second-order valence-electron chi connectivity index (χ2n) is 4.39. The fraction of sp³-hybridized carbons (Fsp3) is 0.714. The van der Waals surface area contributed by atoms with Crippen LogP contribution in [-0.2, 0) is 0 Å². The number of anilines is 1. The summed E-state index contributed by atoms with van der Waals surface area (Å²) in [5.74, 6) is 1.39. The van der Waals surface area contributed by atoms with Gasteiger partial charge in [0.05, 0.1) is 19.0 Å². The van der Waals surface area contributed by atoms with Crippen LogP contribution in [0.15, 0.2) is 12.4 Å². The Labute approximate surface area is 110 Å². The van der Waals surface area contributed by atoms with Gasteiger partial charge in [0.15, 0.2) is 0 Å². The maximum Gasteiger partial charge on any atom is 0.234 e. The minimum Gasteiger partial charge on any atom is -0.477 e. The first-order valence-electron chi connectivity index (χ1n) is 7.05. The Balaban J connectivity index is 2.13. The van der Waals surface area contributed by atoms with Gasteiger partial charge in [0, 0.05) is 6.54 Å². The van der Waals surface area contributed by atoms with E-state index in [2.05, 4.69) is 22.2 Å². The zero-order valence-corrected chi connectivity index (χ0v) is 11.6. The van der Waals surface area contributed by atoms with Gasteiger partial charge < -0.3 is 10.1 Å². The summed E-state index contributed by atoms with van der Waals surface area (Å²) in [6.45, 7) is 5.84. The molecule has 0 radical (unpaired) electrons. The van der Waals surface area contributed by atoms with Crippen molar-refractivity contribution in [2.24, 2.45) is 0 Å². The third-order valence-electron chi connectivity index (χ3n) is 2.72. The lowest BCUT2D eigenvalue weighted by molar-refractivity contribution is 0.292. The summed E-state index contributed by atoms with van der Waals surface area (Å²) in [5.41, 5.74) is 0. The highest BCUT2D eigenvalue weighted by atomic mass is 16.5. The molecule has 18 heavy (non-hydrogen) atoms. The van der Waals surface area contributed by atoms with Gasteiger partial charge in [-0.15, -0.1) is 0 Å². The Kier molecular flexibility index (Phi) is 7.93. The van der Waals surface area contributed by atoms with Crippen LogP contribution in [0.2, 0.25) is 0 Å². The molecule has 0 unspecified atom stereocenters. The molecule has 0 aliphatic heterocycles. The lowest BCUT2D eigenvalue weighted by Crippen LogP contribution is -2.03. The molecule has 1 aromatic heterocycles. The molecule has 0 aliphatic carbocycles. The van der Waals surface area contributed by atoms with E-state index in [-0.39, 0.29) is 0 Å². The molecule has 0 atom stereocenters. The van der Waals surface area contributed by atoms with Crippen molar-refractivity contribution in [3.63, 3.8) is 0 Å². The molecule has 0 amide bonds. The molecule has 0 spiro atoms. The van der Waals surface area contributed by atoms with Gasteiger partial charge in [0.25, 0.3) is 0 Å². The predicted molar refractivity (Wildman–Crippen MR) is 75.1 cm³/mol. The summed E-state index contributed by atoms with van der Waals surface area (Å²) >= 11 is 0. The van der Waals surface area contributed by atoms with E-state index in [1.165, 1.54) is 32.1 Å². The van der Waals surface area contributed by atoms with E-state index < -0.39 is 0 Å². The average molecular weight is 251 g/mol. The Morgan fingerprint density at radius 3 is 2.61 bits per heavy atom. The molecule has 4 heteroatoms. The zero-order valence-electron chi connectivity index (χ0n) is 11.6. The molecule has 0 bridgehead atoms. The molecule has 1 rings (SSSR count). The molecule has 0 fully saturated rings. The second kappa shape index (κ2) is 9.68. The van der Waals surface area contributed by atoms with Gasteiger partial charge in [0.1, 0.15) is 5.82 Å². The number of hydrogen-bond acceptors (Lipinski definition) is 4. The molecule has 1 aromatic rings. The Hall–Kier alpha value is -1.32. The number of aromatic nitrogens is 2. The number of ether oxygens (including phenoxy) is 1. The number of rotatable bonds is 10. The third-order valence-corrected chi connectivity index (χ3v) is 2.72. The van der Waals surface area contributed by atoms with Crippen LogP contribution in [0.4, 0.5) is 5.82 Å². The highest BCUT2D eigenvalue weighted by Gasteiger charge is 1.98. The van der Waals surface area contributed by atoms with Gasteiger partial charge in [0.2, 0.25) is 5.88 Å². The first-order valence-corrected chi connectivity index (χ1v) is 7.05. The average Bonchev–Trinajstić information content (AvgIpc) is 2.39. The lowest BCUT2D eigenvalue weighted by atomic mass is 10.1.